The lowest BCUT2D eigenvalue weighted by molar-refractivity contribution is 0.0967. The van der Waals surface area contributed by atoms with Gasteiger partial charge in [-0.2, -0.15) is 0 Å². The zero-order chi connectivity index (χ0) is 13.5. The smallest absolute Gasteiger partial charge is 0.255 e. The van der Waals surface area contributed by atoms with Crippen LogP contribution in [-0.4, -0.2) is 5.91 Å². The molecule has 0 saturated carbocycles. The van der Waals surface area contributed by atoms with Crippen molar-refractivity contribution in [1.82, 2.24) is 5.32 Å². The summed E-state index contributed by atoms with van der Waals surface area (Å²) in [5.74, 6) is -0.113. The fourth-order valence-electron chi connectivity index (χ4n) is 1.53. The van der Waals surface area contributed by atoms with Crippen LogP contribution in [0.5, 0.6) is 0 Å². The van der Waals surface area contributed by atoms with E-state index in [1.807, 2.05) is 51.1 Å². The highest BCUT2D eigenvalue weighted by Gasteiger charge is 2.06. The Labute approximate surface area is 108 Å². The minimum absolute atomic E-state index is 0.0174. The van der Waals surface area contributed by atoms with Crippen LogP contribution in [-0.2, 0) is 0 Å². The number of hydrogen-bond acceptors (Lipinski definition) is 2. The lowest BCUT2D eigenvalue weighted by Crippen LogP contribution is -2.21. The topological polar surface area (TPSA) is 55.1 Å². The van der Waals surface area contributed by atoms with Crippen molar-refractivity contribution in [2.45, 2.75) is 26.8 Å². The lowest BCUT2D eigenvalue weighted by atomic mass is 10.1. The van der Waals surface area contributed by atoms with Crippen molar-refractivity contribution in [1.29, 1.82) is 0 Å². The van der Waals surface area contributed by atoms with E-state index in [0.29, 0.717) is 5.56 Å². The molecule has 1 unspecified atom stereocenters. The minimum Gasteiger partial charge on any atom is -0.324 e. The number of allylic oxidation sites excluding steroid dienone is 3. The summed E-state index contributed by atoms with van der Waals surface area (Å²) in [7, 11) is 0. The highest BCUT2D eigenvalue weighted by Crippen LogP contribution is 2.11. The first-order valence-electron chi connectivity index (χ1n) is 6.04. The molecule has 3 heteroatoms. The number of hydrogen-bond donors (Lipinski definition) is 2. The van der Waals surface area contributed by atoms with E-state index in [1.165, 1.54) is 0 Å². The minimum atomic E-state index is -0.113. The van der Waals surface area contributed by atoms with Gasteiger partial charge < -0.3 is 11.1 Å². The largest absolute Gasteiger partial charge is 0.324 e. The van der Waals surface area contributed by atoms with E-state index in [-0.39, 0.29) is 11.9 Å². The SMILES string of the molecule is C/C=C\C(=C/C)NC(=O)c1ccc(C(C)N)cc1. The Bertz CT molecular complexity index is 456. The van der Waals surface area contributed by atoms with Crippen molar-refractivity contribution in [3.63, 3.8) is 0 Å². The molecule has 18 heavy (non-hydrogen) atoms. The molecular formula is C15H20N2O. The standard InChI is InChI=1S/C15H20N2O/c1-4-6-14(5-2)17-15(18)13-9-7-12(8-10-13)11(3)16/h4-11H,16H2,1-3H3,(H,17,18)/b6-4-,14-5+. The Balaban J connectivity index is 2.79. The summed E-state index contributed by atoms with van der Waals surface area (Å²) in [6.07, 6.45) is 5.59. The van der Waals surface area contributed by atoms with E-state index >= 15 is 0 Å². The Morgan fingerprint density at radius 2 is 1.89 bits per heavy atom. The van der Waals surface area contributed by atoms with Crippen LogP contribution in [0.1, 0.15) is 42.7 Å². The van der Waals surface area contributed by atoms with E-state index in [2.05, 4.69) is 5.32 Å². The van der Waals surface area contributed by atoms with Gasteiger partial charge in [-0.25, -0.2) is 0 Å². The maximum atomic E-state index is 12.0. The van der Waals surface area contributed by atoms with Gasteiger partial charge in [0, 0.05) is 17.3 Å². The molecule has 1 aromatic carbocycles. The molecule has 1 aromatic rings. The quantitative estimate of drug-likeness (QED) is 0.800. The van der Waals surface area contributed by atoms with Crippen LogP contribution in [0.2, 0.25) is 0 Å². The molecule has 0 radical (unpaired) electrons. The van der Waals surface area contributed by atoms with Gasteiger partial charge in [0.05, 0.1) is 0 Å². The predicted molar refractivity (Wildman–Crippen MR) is 75.1 cm³/mol. The number of carbonyl (C=O) groups is 1. The van der Waals surface area contributed by atoms with E-state index in [9.17, 15) is 4.79 Å². The highest BCUT2D eigenvalue weighted by atomic mass is 16.1. The molecule has 3 N–H and O–H groups in total. The van der Waals surface area contributed by atoms with Crippen molar-refractivity contribution in [2.24, 2.45) is 5.73 Å². The van der Waals surface area contributed by atoms with Crippen LogP contribution in [0.25, 0.3) is 0 Å². The summed E-state index contributed by atoms with van der Waals surface area (Å²) >= 11 is 0. The lowest BCUT2D eigenvalue weighted by Gasteiger charge is -2.08. The number of benzene rings is 1. The highest BCUT2D eigenvalue weighted by molar-refractivity contribution is 5.95. The summed E-state index contributed by atoms with van der Waals surface area (Å²) in [4.78, 5) is 12.0. The molecule has 1 rings (SSSR count). The Hall–Kier alpha value is -1.87. The molecule has 1 amide bonds. The number of carbonyl (C=O) groups excluding carboxylic acids is 1. The number of nitrogens with two attached hydrogens (primary N) is 1. The number of nitrogens with one attached hydrogen (secondary N) is 1. The summed E-state index contributed by atoms with van der Waals surface area (Å²) in [5.41, 5.74) is 8.20. The molecule has 0 spiro atoms. The molecule has 1 atom stereocenters. The van der Waals surface area contributed by atoms with Crippen LogP contribution in [0.4, 0.5) is 0 Å². The molecule has 0 fully saturated rings. The van der Waals surface area contributed by atoms with E-state index in [4.69, 9.17) is 5.73 Å². The molecule has 0 aliphatic heterocycles. The van der Waals surface area contributed by atoms with Crippen LogP contribution in [0.15, 0.2) is 48.2 Å². The molecule has 0 saturated heterocycles. The van der Waals surface area contributed by atoms with Gasteiger partial charge in [0.2, 0.25) is 0 Å². The summed E-state index contributed by atoms with van der Waals surface area (Å²) < 4.78 is 0. The first-order valence-corrected chi connectivity index (χ1v) is 6.04. The third-order valence-electron chi connectivity index (χ3n) is 2.61. The van der Waals surface area contributed by atoms with Crippen LogP contribution >= 0.6 is 0 Å². The van der Waals surface area contributed by atoms with Crippen molar-refractivity contribution < 1.29 is 4.79 Å². The molecule has 0 aromatic heterocycles. The maximum absolute atomic E-state index is 12.0. The van der Waals surface area contributed by atoms with Gasteiger partial charge in [-0.3, -0.25) is 4.79 Å². The molecule has 0 aliphatic carbocycles. The third-order valence-corrected chi connectivity index (χ3v) is 2.61. The van der Waals surface area contributed by atoms with Crippen LogP contribution in [0, 0.1) is 0 Å². The van der Waals surface area contributed by atoms with Crippen molar-refractivity contribution in [2.75, 3.05) is 0 Å². The molecule has 0 heterocycles. The Morgan fingerprint density at radius 1 is 1.28 bits per heavy atom. The molecule has 96 valence electrons. The first kappa shape index (κ1) is 14.2. The predicted octanol–water partition coefficient (Wildman–Crippen LogP) is 2.92. The monoisotopic (exact) mass is 244 g/mol. The summed E-state index contributed by atoms with van der Waals surface area (Å²) in [6, 6.07) is 7.32. The zero-order valence-corrected chi connectivity index (χ0v) is 11.1. The third kappa shape index (κ3) is 3.86. The molecule has 0 aliphatic rings. The summed E-state index contributed by atoms with van der Waals surface area (Å²) in [5, 5.41) is 2.84. The fourth-order valence-corrected chi connectivity index (χ4v) is 1.53. The second-order valence-corrected chi connectivity index (χ2v) is 4.11. The van der Waals surface area contributed by atoms with Gasteiger partial charge >= 0.3 is 0 Å². The maximum Gasteiger partial charge on any atom is 0.255 e. The fraction of sp³-hybridized carbons (Fsp3) is 0.267. The van der Waals surface area contributed by atoms with Gasteiger partial charge in [0.25, 0.3) is 5.91 Å². The Kier molecular flexibility index (Phi) is 5.33. The normalized spacial score (nSPS) is 13.7. The Morgan fingerprint density at radius 3 is 2.33 bits per heavy atom. The van der Waals surface area contributed by atoms with Gasteiger partial charge in [0.1, 0.15) is 0 Å². The van der Waals surface area contributed by atoms with Gasteiger partial charge in [-0.1, -0.05) is 24.3 Å². The van der Waals surface area contributed by atoms with E-state index < -0.39 is 0 Å². The van der Waals surface area contributed by atoms with Crippen molar-refractivity contribution in [3.05, 3.63) is 59.3 Å². The van der Waals surface area contributed by atoms with E-state index in [0.717, 1.165) is 11.3 Å². The molecule has 0 bridgehead atoms. The second kappa shape index (κ2) is 6.77. The van der Waals surface area contributed by atoms with Crippen molar-refractivity contribution >= 4 is 5.91 Å². The number of amides is 1. The van der Waals surface area contributed by atoms with Gasteiger partial charge in [-0.05, 0) is 44.5 Å². The first-order chi connectivity index (χ1) is 8.58. The van der Waals surface area contributed by atoms with Crippen LogP contribution in [0.3, 0.4) is 0 Å². The van der Waals surface area contributed by atoms with Crippen LogP contribution < -0.4 is 11.1 Å². The number of rotatable bonds is 4. The zero-order valence-electron chi connectivity index (χ0n) is 11.1. The van der Waals surface area contributed by atoms with Gasteiger partial charge in [0.15, 0.2) is 0 Å². The summed E-state index contributed by atoms with van der Waals surface area (Å²) in [6.45, 7) is 5.71. The average Bonchev–Trinajstić information content (AvgIpc) is 2.38. The van der Waals surface area contributed by atoms with E-state index in [1.54, 1.807) is 12.1 Å². The second-order valence-electron chi connectivity index (χ2n) is 4.11. The average molecular weight is 244 g/mol. The van der Waals surface area contributed by atoms with Gasteiger partial charge in [-0.15, -0.1) is 0 Å². The molecular weight excluding hydrogens is 224 g/mol. The molecule has 3 nitrogen and oxygen atoms in total. The van der Waals surface area contributed by atoms with Crippen molar-refractivity contribution in [3.8, 4) is 0 Å².